The van der Waals surface area contributed by atoms with Crippen molar-refractivity contribution in [1.82, 2.24) is 9.55 Å². The zero-order chi connectivity index (χ0) is 47.5. The number of rotatable bonds is 12. The summed E-state index contributed by atoms with van der Waals surface area (Å²) in [5.74, 6) is -0.450. The number of aryl methyl sites for hydroxylation is 2. The number of methoxy groups -OCH3 is 2. The maximum absolute atomic E-state index is 12.8. The van der Waals surface area contributed by atoms with Crippen LogP contribution in [0.3, 0.4) is 0 Å². The number of fused-ring (bicyclic) bond motifs is 2. The molecule has 6 aromatic carbocycles. The number of hydrogen-bond donors (Lipinski definition) is 1. The number of esters is 2. The third kappa shape index (κ3) is 13.3. The van der Waals surface area contributed by atoms with Crippen molar-refractivity contribution in [2.75, 3.05) is 14.2 Å². The summed E-state index contributed by atoms with van der Waals surface area (Å²) in [7, 11) is 2.85. The summed E-state index contributed by atoms with van der Waals surface area (Å²) in [6.07, 6.45) is 5.02. The molecule has 0 amide bonds. The van der Waals surface area contributed by atoms with Gasteiger partial charge in [0, 0.05) is 36.1 Å². The summed E-state index contributed by atoms with van der Waals surface area (Å²) in [5.41, 5.74) is 14.6. The van der Waals surface area contributed by atoms with E-state index in [0.29, 0.717) is 19.3 Å². The first-order chi connectivity index (χ1) is 32.3. The van der Waals surface area contributed by atoms with Crippen LogP contribution in [-0.2, 0) is 23.8 Å². The number of aromatic amines is 1. The molecular weight excluding hydrogens is 857 g/mol. The van der Waals surface area contributed by atoms with Gasteiger partial charge in [-0.05, 0) is 145 Å². The fourth-order valence-corrected chi connectivity index (χ4v) is 8.21. The van der Waals surface area contributed by atoms with E-state index in [9.17, 15) is 14.4 Å². The normalized spacial score (nSPS) is 11.8. The number of nitrogens with one attached hydrogen (secondary N) is 1. The maximum Gasteiger partial charge on any atom is 0.418 e. The van der Waals surface area contributed by atoms with Crippen LogP contribution < -0.4 is 0 Å². The number of carbonyl (C=O) groups is 3. The predicted octanol–water partition coefficient (Wildman–Crippen LogP) is 15.3. The Labute approximate surface area is 408 Å². The molecule has 0 aliphatic heterocycles. The Morgan fingerprint density at radius 1 is 0.507 bits per heavy atom. The van der Waals surface area contributed by atoms with Gasteiger partial charge in [0.1, 0.15) is 5.60 Å². The molecule has 0 unspecified atom stereocenters. The van der Waals surface area contributed by atoms with Crippen LogP contribution in [0.1, 0.15) is 106 Å². The molecule has 8 heteroatoms. The lowest BCUT2D eigenvalue weighted by atomic mass is 9.86. The largest absolute Gasteiger partial charge is 0.469 e. The molecule has 8 aromatic rings. The third-order valence-electron chi connectivity index (χ3n) is 11.6. The molecule has 0 fully saturated rings. The molecule has 0 bridgehead atoms. The zero-order valence-electron chi connectivity index (χ0n) is 39.4. The summed E-state index contributed by atoms with van der Waals surface area (Å²) >= 11 is 0. The lowest BCUT2D eigenvalue weighted by molar-refractivity contribution is -0.141. The molecule has 2 heterocycles. The van der Waals surface area contributed by atoms with E-state index in [-0.39, 0.29) is 33.2 Å². The predicted molar refractivity (Wildman–Crippen MR) is 285 cm³/mol. The highest BCUT2D eigenvalue weighted by Gasteiger charge is 2.21. The summed E-state index contributed by atoms with van der Waals surface area (Å²) in [6, 6.07) is 54.0. The average molecular weight is 923 g/mol. The maximum atomic E-state index is 12.8. The summed E-state index contributed by atoms with van der Waals surface area (Å²) in [4.78, 5) is 40.1. The van der Waals surface area contributed by atoms with E-state index in [1.165, 1.54) is 29.9 Å². The fraction of sp³-hybridized carbons (Fsp3) is 0.230. The number of carbonyl (C=O) groups excluding carboxylic acids is 3. The Balaban J connectivity index is 0.000000255. The van der Waals surface area contributed by atoms with Gasteiger partial charge in [-0.3, -0.25) is 14.2 Å². The van der Waals surface area contributed by atoms with Gasteiger partial charge in [0.15, 0.2) is 0 Å². The van der Waals surface area contributed by atoms with Crippen LogP contribution in [0.4, 0.5) is 4.79 Å². The van der Waals surface area contributed by atoms with Crippen LogP contribution in [0.2, 0.25) is 0 Å². The first-order valence-electron chi connectivity index (χ1n) is 22.6. The SMILES string of the molecule is C.C.COC(=O)CC/C(=C(\c1ccc(C)cc1)c1ccc2[nH]ccc2c1)c1ccccc1.COC(=O)CC/C(=C(\c1ccc(C)cc1)c1ccc2c(ccn2C(=O)OC(C)(C)C)c1)c1ccccc1. The first-order valence-corrected chi connectivity index (χ1v) is 22.6. The molecule has 0 saturated carbocycles. The highest BCUT2D eigenvalue weighted by molar-refractivity contribution is 6.03. The molecular formula is C61H66N2O6. The van der Waals surface area contributed by atoms with Crippen molar-refractivity contribution < 1.29 is 28.6 Å². The van der Waals surface area contributed by atoms with Crippen LogP contribution in [0.15, 0.2) is 170 Å². The quantitative estimate of drug-likeness (QED) is 0.0744. The second-order valence-corrected chi connectivity index (χ2v) is 17.5. The highest BCUT2D eigenvalue weighted by Crippen LogP contribution is 2.38. The molecule has 0 aliphatic rings. The molecule has 0 aliphatic carbocycles. The highest BCUT2D eigenvalue weighted by atomic mass is 16.6. The summed E-state index contributed by atoms with van der Waals surface area (Å²) in [6.45, 7) is 9.72. The van der Waals surface area contributed by atoms with E-state index in [0.717, 1.165) is 77.5 Å². The van der Waals surface area contributed by atoms with Crippen molar-refractivity contribution >= 4 is 62.1 Å². The minimum absolute atomic E-state index is 0. The number of ether oxygens (including phenoxy) is 3. The average Bonchev–Trinajstić information content (AvgIpc) is 4.00. The number of nitrogens with zero attached hydrogens (tertiary/aromatic N) is 1. The van der Waals surface area contributed by atoms with Gasteiger partial charge in [-0.2, -0.15) is 0 Å². The van der Waals surface area contributed by atoms with Gasteiger partial charge in [0.2, 0.25) is 0 Å². The Morgan fingerprint density at radius 2 is 0.957 bits per heavy atom. The topological polar surface area (TPSA) is 99.6 Å². The van der Waals surface area contributed by atoms with Crippen molar-refractivity contribution in [2.45, 2.75) is 80.8 Å². The molecule has 8 nitrogen and oxygen atoms in total. The third-order valence-corrected chi connectivity index (χ3v) is 11.6. The van der Waals surface area contributed by atoms with Crippen molar-refractivity contribution in [3.05, 3.63) is 215 Å². The minimum atomic E-state index is -0.584. The van der Waals surface area contributed by atoms with E-state index in [4.69, 9.17) is 14.2 Å². The van der Waals surface area contributed by atoms with E-state index < -0.39 is 11.7 Å². The van der Waals surface area contributed by atoms with Gasteiger partial charge in [0.05, 0.1) is 19.7 Å². The van der Waals surface area contributed by atoms with Gasteiger partial charge >= 0.3 is 18.0 Å². The van der Waals surface area contributed by atoms with Gasteiger partial charge in [-0.15, -0.1) is 0 Å². The molecule has 0 saturated heterocycles. The number of hydrogen-bond acceptors (Lipinski definition) is 6. The molecule has 1 N–H and O–H groups in total. The summed E-state index contributed by atoms with van der Waals surface area (Å²) in [5, 5.41) is 2.09. The number of allylic oxidation sites excluding steroid dienone is 2. The Kier molecular flexibility index (Phi) is 18.1. The van der Waals surface area contributed by atoms with E-state index >= 15 is 0 Å². The van der Waals surface area contributed by atoms with Gasteiger partial charge in [0.25, 0.3) is 0 Å². The number of H-pyrrole nitrogens is 1. The van der Waals surface area contributed by atoms with Crippen LogP contribution in [0.5, 0.6) is 0 Å². The zero-order valence-corrected chi connectivity index (χ0v) is 39.4. The van der Waals surface area contributed by atoms with Crippen LogP contribution in [-0.4, -0.2) is 47.4 Å². The van der Waals surface area contributed by atoms with Crippen molar-refractivity contribution in [3.63, 3.8) is 0 Å². The Hall–Kier alpha value is -7.71. The second kappa shape index (κ2) is 23.8. The van der Waals surface area contributed by atoms with E-state index in [1.54, 1.807) is 6.20 Å². The summed E-state index contributed by atoms with van der Waals surface area (Å²) < 4.78 is 17.0. The molecule has 0 atom stereocenters. The van der Waals surface area contributed by atoms with Crippen molar-refractivity contribution in [1.29, 1.82) is 0 Å². The van der Waals surface area contributed by atoms with Crippen LogP contribution >= 0.6 is 0 Å². The second-order valence-electron chi connectivity index (χ2n) is 17.5. The minimum Gasteiger partial charge on any atom is -0.469 e. The van der Waals surface area contributed by atoms with Gasteiger partial charge in [-0.25, -0.2) is 4.79 Å². The van der Waals surface area contributed by atoms with Crippen LogP contribution in [0, 0.1) is 13.8 Å². The van der Waals surface area contributed by atoms with Crippen molar-refractivity contribution in [2.24, 2.45) is 0 Å². The van der Waals surface area contributed by atoms with Gasteiger partial charge < -0.3 is 19.2 Å². The molecule has 8 rings (SSSR count). The van der Waals surface area contributed by atoms with E-state index in [2.05, 4.69) is 122 Å². The molecule has 69 heavy (non-hydrogen) atoms. The van der Waals surface area contributed by atoms with Crippen LogP contribution in [0.25, 0.3) is 44.1 Å². The molecule has 0 spiro atoms. The molecule has 2 aromatic heterocycles. The molecule has 0 radical (unpaired) electrons. The lowest BCUT2D eigenvalue weighted by Gasteiger charge is -2.20. The lowest BCUT2D eigenvalue weighted by Crippen LogP contribution is -2.26. The Bertz CT molecular complexity index is 3040. The monoisotopic (exact) mass is 922 g/mol. The molecule has 356 valence electrons. The Morgan fingerprint density at radius 3 is 1.42 bits per heavy atom. The fourth-order valence-electron chi connectivity index (χ4n) is 8.21. The van der Waals surface area contributed by atoms with Gasteiger partial charge in [-0.1, -0.05) is 147 Å². The standard InChI is InChI=1S/C32H33NO4.C27H25NO2.2CH4/c1-22-11-13-24(14-12-22)30(27(16-18-29(34)36-5)23-9-7-6-8-10-23)26-15-17-28-25(21-26)19-20-33(28)31(35)37-32(2,3)4;1-19-8-10-21(11-9-19)27(23-12-14-25-22(18-23)16-17-28-25)24(13-15-26(29)30-2)20-6-4-3-5-7-20;;/h6-15,17,19-21H,16,18H2,1-5H3;3-12,14,16-18,28H,13,15H2,1-2H3;2*1H4/b30-27-;27-24-;;. The van der Waals surface area contributed by atoms with Crippen molar-refractivity contribution in [3.8, 4) is 0 Å². The van der Waals surface area contributed by atoms with E-state index in [1.807, 2.05) is 81.6 Å². The number of aromatic nitrogens is 2. The smallest absolute Gasteiger partial charge is 0.418 e. The first kappa shape index (κ1) is 52.3. The number of benzene rings is 6.